The van der Waals surface area contributed by atoms with Gasteiger partial charge >= 0.3 is 0 Å². The van der Waals surface area contributed by atoms with Gasteiger partial charge < -0.3 is 9.88 Å². The molecule has 0 spiro atoms. The molecule has 1 amide bonds. The first kappa shape index (κ1) is 16.2. The van der Waals surface area contributed by atoms with Gasteiger partial charge in [0.05, 0.1) is 10.6 Å². The molecule has 0 radical (unpaired) electrons. The molecule has 1 aromatic heterocycles. The van der Waals surface area contributed by atoms with E-state index in [0.29, 0.717) is 19.0 Å². The summed E-state index contributed by atoms with van der Waals surface area (Å²) in [6, 6.07) is 12.6. The zero-order valence-corrected chi connectivity index (χ0v) is 14.4. The van der Waals surface area contributed by atoms with Crippen LogP contribution >= 0.6 is 11.6 Å². The average molecular weight is 357 g/mol. The Morgan fingerprint density at radius 1 is 1.12 bits per heavy atom. The molecule has 0 atom stereocenters. The fourth-order valence-electron chi connectivity index (χ4n) is 3.69. The van der Waals surface area contributed by atoms with Gasteiger partial charge in [-0.1, -0.05) is 35.9 Å². The molecule has 2 aromatic carbocycles. The molecule has 3 aromatic rings. The van der Waals surface area contributed by atoms with E-state index in [1.165, 1.54) is 23.1 Å². The van der Waals surface area contributed by atoms with E-state index >= 15 is 0 Å². The number of aromatic nitrogens is 1. The molecular weight excluding hydrogens is 339 g/mol. The van der Waals surface area contributed by atoms with Crippen molar-refractivity contribution >= 4 is 28.4 Å². The van der Waals surface area contributed by atoms with Gasteiger partial charge in [-0.25, -0.2) is 4.39 Å². The molecule has 2 heterocycles. The van der Waals surface area contributed by atoms with Crippen LogP contribution in [0.2, 0.25) is 5.02 Å². The maximum absolute atomic E-state index is 14.0. The Morgan fingerprint density at radius 3 is 2.64 bits per heavy atom. The van der Waals surface area contributed by atoms with Crippen LogP contribution in [0.15, 0.2) is 48.7 Å². The summed E-state index contributed by atoms with van der Waals surface area (Å²) in [5.41, 5.74) is 2.41. The Balaban J connectivity index is 1.51. The number of nitrogens with zero attached hydrogens (tertiary/aromatic N) is 1. The smallest absolute Gasteiger partial charge is 0.258 e. The highest BCUT2D eigenvalue weighted by atomic mass is 35.5. The summed E-state index contributed by atoms with van der Waals surface area (Å²) < 4.78 is 14.0. The number of rotatable bonds is 2. The first-order chi connectivity index (χ1) is 12.1. The van der Waals surface area contributed by atoms with Crippen LogP contribution in [0.4, 0.5) is 4.39 Å². The van der Waals surface area contributed by atoms with E-state index in [4.69, 9.17) is 11.6 Å². The van der Waals surface area contributed by atoms with Crippen molar-refractivity contribution in [3.05, 3.63) is 70.6 Å². The number of benzene rings is 2. The molecule has 0 bridgehead atoms. The molecule has 1 saturated heterocycles. The molecular formula is C20H18ClFN2O. The van der Waals surface area contributed by atoms with Gasteiger partial charge in [-0.2, -0.15) is 0 Å². The van der Waals surface area contributed by atoms with Crippen LogP contribution in [0.25, 0.3) is 10.9 Å². The number of nitrogens with one attached hydrogen (secondary N) is 1. The largest absolute Gasteiger partial charge is 0.361 e. The molecule has 1 fully saturated rings. The van der Waals surface area contributed by atoms with Crippen LogP contribution in [0, 0.1) is 5.82 Å². The number of H-pyrrole nitrogens is 1. The van der Waals surface area contributed by atoms with Crippen molar-refractivity contribution in [2.45, 2.75) is 18.8 Å². The summed E-state index contributed by atoms with van der Waals surface area (Å²) in [4.78, 5) is 17.7. The Hall–Kier alpha value is -2.33. The molecule has 3 nitrogen and oxygen atoms in total. The Kier molecular flexibility index (Phi) is 4.22. The van der Waals surface area contributed by atoms with E-state index in [0.717, 1.165) is 18.4 Å². The van der Waals surface area contributed by atoms with Crippen LogP contribution < -0.4 is 0 Å². The van der Waals surface area contributed by atoms with E-state index in [1.54, 1.807) is 11.0 Å². The van der Waals surface area contributed by atoms with Gasteiger partial charge in [0.25, 0.3) is 5.91 Å². The molecule has 128 valence electrons. The fourth-order valence-corrected chi connectivity index (χ4v) is 3.93. The maximum Gasteiger partial charge on any atom is 0.258 e. The highest BCUT2D eigenvalue weighted by molar-refractivity contribution is 6.33. The number of hydrogen-bond donors (Lipinski definition) is 1. The molecule has 5 heteroatoms. The molecule has 1 aliphatic rings. The van der Waals surface area contributed by atoms with E-state index in [1.807, 2.05) is 12.1 Å². The zero-order valence-electron chi connectivity index (χ0n) is 13.6. The lowest BCUT2D eigenvalue weighted by Gasteiger charge is -2.32. The SMILES string of the molecule is O=C(c1c(F)cccc1Cl)N1CCC(c2c[nH]c3ccccc23)CC1. The Bertz CT molecular complexity index is 908. The lowest BCUT2D eigenvalue weighted by Crippen LogP contribution is -2.38. The number of carbonyl (C=O) groups is 1. The van der Waals surface area contributed by atoms with Gasteiger partial charge in [0.2, 0.25) is 0 Å². The lowest BCUT2D eigenvalue weighted by atomic mass is 9.89. The summed E-state index contributed by atoms with van der Waals surface area (Å²) in [7, 11) is 0. The van der Waals surface area contributed by atoms with Gasteiger partial charge in [-0.3, -0.25) is 4.79 Å². The predicted octanol–water partition coefficient (Wildman–Crippen LogP) is 4.98. The highest BCUT2D eigenvalue weighted by Gasteiger charge is 2.28. The number of piperidine rings is 1. The van der Waals surface area contributed by atoms with Crippen LogP contribution in [-0.2, 0) is 0 Å². The van der Waals surface area contributed by atoms with Crippen molar-refractivity contribution in [3.63, 3.8) is 0 Å². The number of halogens is 2. The summed E-state index contributed by atoms with van der Waals surface area (Å²) in [5, 5.41) is 1.41. The molecule has 4 rings (SSSR count). The summed E-state index contributed by atoms with van der Waals surface area (Å²) in [6.07, 6.45) is 3.79. The van der Waals surface area contributed by atoms with Crippen molar-refractivity contribution in [3.8, 4) is 0 Å². The van der Waals surface area contributed by atoms with Gasteiger partial charge in [0, 0.05) is 30.2 Å². The summed E-state index contributed by atoms with van der Waals surface area (Å²) in [5.74, 6) is -0.479. The number of para-hydroxylation sites is 1. The van der Waals surface area contributed by atoms with Gasteiger partial charge in [0.1, 0.15) is 5.82 Å². The summed E-state index contributed by atoms with van der Waals surface area (Å²) in [6.45, 7) is 1.21. The van der Waals surface area contributed by atoms with Crippen molar-refractivity contribution in [2.75, 3.05) is 13.1 Å². The van der Waals surface area contributed by atoms with Crippen molar-refractivity contribution in [1.29, 1.82) is 0 Å². The van der Waals surface area contributed by atoms with Crippen LogP contribution in [-0.4, -0.2) is 28.9 Å². The van der Waals surface area contributed by atoms with Crippen LogP contribution in [0.3, 0.4) is 0 Å². The highest BCUT2D eigenvalue weighted by Crippen LogP contribution is 2.34. The number of likely N-dealkylation sites (tertiary alicyclic amines) is 1. The standard InChI is InChI=1S/C20H18ClFN2O/c21-16-5-3-6-17(22)19(16)20(25)24-10-8-13(9-11-24)15-12-23-18-7-2-1-4-14(15)18/h1-7,12-13,23H,8-11H2. The second-order valence-electron chi connectivity index (χ2n) is 6.45. The van der Waals surface area contributed by atoms with Crippen LogP contribution in [0.1, 0.15) is 34.7 Å². The van der Waals surface area contributed by atoms with E-state index in [-0.39, 0.29) is 16.5 Å². The third-order valence-electron chi connectivity index (χ3n) is 5.02. The number of hydrogen-bond acceptors (Lipinski definition) is 1. The predicted molar refractivity (Wildman–Crippen MR) is 97.6 cm³/mol. The minimum Gasteiger partial charge on any atom is -0.361 e. The van der Waals surface area contributed by atoms with Crippen molar-refractivity contribution in [2.24, 2.45) is 0 Å². The monoisotopic (exact) mass is 356 g/mol. The number of fused-ring (bicyclic) bond motifs is 1. The topological polar surface area (TPSA) is 36.1 Å². The van der Waals surface area contributed by atoms with Crippen molar-refractivity contribution < 1.29 is 9.18 Å². The van der Waals surface area contributed by atoms with E-state index in [2.05, 4.69) is 23.3 Å². The average Bonchev–Trinajstić information content (AvgIpc) is 3.06. The second kappa shape index (κ2) is 6.52. The third-order valence-corrected chi connectivity index (χ3v) is 5.33. The fraction of sp³-hybridized carbons (Fsp3) is 0.250. The van der Waals surface area contributed by atoms with E-state index in [9.17, 15) is 9.18 Å². The maximum atomic E-state index is 14.0. The molecule has 25 heavy (non-hydrogen) atoms. The molecule has 1 N–H and O–H groups in total. The molecule has 0 aliphatic carbocycles. The van der Waals surface area contributed by atoms with E-state index < -0.39 is 5.82 Å². The number of aromatic amines is 1. The summed E-state index contributed by atoms with van der Waals surface area (Å²) >= 11 is 6.03. The number of amides is 1. The van der Waals surface area contributed by atoms with Crippen LogP contribution in [0.5, 0.6) is 0 Å². The Morgan fingerprint density at radius 2 is 1.88 bits per heavy atom. The molecule has 0 saturated carbocycles. The first-order valence-corrected chi connectivity index (χ1v) is 8.82. The zero-order chi connectivity index (χ0) is 17.4. The van der Waals surface area contributed by atoms with Crippen molar-refractivity contribution in [1.82, 2.24) is 9.88 Å². The first-order valence-electron chi connectivity index (χ1n) is 8.44. The Labute approximate surface area is 150 Å². The third kappa shape index (κ3) is 2.91. The minimum atomic E-state index is -0.559. The molecule has 1 aliphatic heterocycles. The van der Waals surface area contributed by atoms with Gasteiger partial charge in [0.15, 0.2) is 0 Å². The van der Waals surface area contributed by atoms with Gasteiger partial charge in [-0.15, -0.1) is 0 Å². The normalized spacial score (nSPS) is 15.7. The number of carbonyl (C=O) groups excluding carboxylic acids is 1. The quantitative estimate of drug-likeness (QED) is 0.690. The van der Waals surface area contributed by atoms with Gasteiger partial charge in [-0.05, 0) is 42.5 Å². The second-order valence-corrected chi connectivity index (χ2v) is 6.86. The molecule has 0 unspecified atom stereocenters. The minimum absolute atomic E-state index is 0.0188. The lowest BCUT2D eigenvalue weighted by molar-refractivity contribution is 0.0709.